The van der Waals surface area contributed by atoms with E-state index in [-0.39, 0.29) is 5.91 Å². The zero-order valence-electron chi connectivity index (χ0n) is 17.6. The molecule has 0 bridgehead atoms. The lowest BCUT2D eigenvalue weighted by molar-refractivity contribution is 0.102. The Morgan fingerprint density at radius 1 is 1.03 bits per heavy atom. The molecule has 6 rings (SSSR count). The molecule has 2 aliphatic rings. The number of hydrogen-bond donors (Lipinski definition) is 1. The fourth-order valence-electron chi connectivity index (χ4n) is 4.56. The number of fused-ring (bicyclic) bond motifs is 2. The third-order valence-electron chi connectivity index (χ3n) is 6.63. The van der Waals surface area contributed by atoms with E-state index < -0.39 is 0 Å². The van der Waals surface area contributed by atoms with E-state index >= 15 is 0 Å². The van der Waals surface area contributed by atoms with Crippen LogP contribution in [0.25, 0.3) is 21.6 Å². The van der Waals surface area contributed by atoms with Crippen LogP contribution in [0, 0.1) is 0 Å². The minimum atomic E-state index is -0.193. The Kier molecular flexibility index (Phi) is 4.96. The zero-order chi connectivity index (χ0) is 21.5. The van der Waals surface area contributed by atoms with E-state index in [0.717, 1.165) is 48.2 Å². The lowest BCUT2D eigenvalue weighted by Gasteiger charge is -2.36. The number of benzene rings is 2. The number of nitrogens with one attached hydrogen (secondary N) is 1. The van der Waals surface area contributed by atoms with Crippen molar-refractivity contribution < 1.29 is 9.42 Å². The predicted molar refractivity (Wildman–Crippen MR) is 124 cm³/mol. The Morgan fingerprint density at radius 2 is 1.88 bits per heavy atom. The Balaban J connectivity index is 1.16. The van der Waals surface area contributed by atoms with Crippen molar-refractivity contribution in [1.82, 2.24) is 20.2 Å². The lowest BCUT2D eigenvalue weighted by Crippen LogP contribution is -2.41. The molecule has 1 amide bonds. The average Bonchev–Trinajstić information content (AvgIpc) is 3.40. The van der Waals surface area contributed by atoms with Crippen LogP contribution < -0.4 is 5.32 Å². The highest BCUT2D eigenvalue weighted by Crippen LogP contribution is 2.29. The van der Waals surface area contributed by atoms with Gasteiger partial charge in [0, 0.05) is 35.8 Å². The zero-order valence-corrected chi connectivity index (χ0v) is 18.4. The number of carbonyl (C=O) groups excluding carboxylic acids is 1. The van der Waals surface area contributed by atoms with E-state index in [1.807, 2.05) is 24.3 Å². The largest absolute Gasteiger partial charge is 0.321 e. The van der Waals surface area contributed by atoms with Gasteiger partial charge in [0.2, 0.25) is 0 Å². The molecule has 1 aliphatic heterocycles. The number of rotatable bonds is 4. The van der Waals surface area contributed by atoms with Crippen molar-refractivity contribution in [2.45, 2.75) is 38.1 Å². The molecule has 162 valence electrons. The van der Waals surface area contributed by atoms with Crippen molar-refractivity contribution in [1.29, 1.82) is 0 Å². The molecule has 1 fully saturated rings. The van der Waals surface area contributed by atoms with Crippen LogP contribution in [0.1, 0.15) is 40.9 Å². The number of hydrogen-bond acceptors (Lipinski definition) is 7. The second-order valence-corrected chi connectivity index (χ2v) is 9.42. The van der Waals surface area contributed by atoms with Gasteiger partial charge < -0.3 is 5.32 Å². The molecule has 1 aliphatic carbocycles. The first kappa shape index (κ1) is 19.6. The van der Waals surface area contributed by atoms with Crippen molar-refractivity contribution in [3.8, 4) is 10.6 Å². The Hall–Kier alpha value is -3.10. The highest BCUT2D eigenvalue weighted by molar-refractivity contribution is 7.13. The minimum Gasteiger partial charge on any atom is -0.321 e. The second kappa shape index (κ2) is 8.11. The summed E-state index contributed by atoms with van der Waals surface area (Å²) < 4.78 is 4.76. The van der Waals surface area contributed by atoms with Crippen LogP contribution in [0.2, 0.25) is 0 Å². The van der Waals surface area contributed by atoms with Crippen molar-refractivity contribution in [3.05, 3.63) is 58.6 Å². The summed E-state index contributed by atoms with van der Waals surface area (Å²) in [6, 6.07) is 12.7. The molecule has 0 atom stereocenters. The molecule has 32 heavy (non-hydrogen) atoms. The monoisotopic (exact) mass is 445 g/mol. The third kappa shape index (κ3) is 3.69. The van der Waals surface area contributed by atoms with Crippen LogP contribution in [0.3, 0.4) is 0 Å². The summed E-state index contributed by atoms with van der Waals surface area (Å²) in [7, 11) is 0. The average molecular weight is 446 g/mol. The normalized spacial score (nSPS) is 17.0. The molecular formula is C24H23N5O2S. The molecule has 8 heteroatoms. The van der Waals surface area contributed by atoms with Crippen LogP contribution in [0.4, 0.5) is 5.69 Å². The quantitative estimate of drug-likeness (QED) is 0.496. The van der Waals surface area contributed by atoms with Gasteiger partial charge in [-0.15, -0.1) is 11.3 Å². The maximum atomic E-state index is 12.8. The Labute approximate surface area is 189 Å². The summed E-state index contributed by atoms with van der Waals surface area (Å²) in [6.45, 7) is 2.25. The topological polar surface area (TPSA) is 84.2 Å². The van der Waals surface area contributed by atoms with Gasteiger partial charge in [0.1, 0.15) is 21.7 Å². The molecule has 4 aromatic rings. The Bertz CT molecular complexity index is 1290. The van der Waals surface area contributed by atoms with E-state index in [4.69, 9.17) is 4.63 Å². The van der Waals surface area contributed by atoms with Crippen LogP contribution in [-0.2, 0) is 12.8 Å². The second-order valence-electron chi connectivity index (χ2n) is 8.56. The van der Waals surface area contributed by atoms with E-state index in [2.05, 4.69) is 37.6 Å². The van der Waals surface area contributed by atoms with Gasteiger partial charge in [-0.2, -0.15) is 0 Å². The highest BCUT2D eigenvalue weighted by Gasteiger charge is 2.26. The lowest BCUT2D eigenvalue weighted by atomic mass is 9.91. The first-order chi connectivity index (χ1) is 15.7. The standard InChI is InChI=1S/C24H23N5O2S/c30-23(22-14-32-24(26-22)17-5-7-20-21(13-17)28-31-27-20)25-18-6-4-15-8-10-29(19-2-1-3-19)11-9-16(15)12-18/h4-7,12-14,19H,1-3,8-11H2,(H,25,30). The van der Waals surface area contributed by atoms with Crippen molar-refractivity contribution in [3.63, 3.8) is 0 Å². The summed E-state index contributed by atoms with van der Waals surface area (Å²) in [5.74, 6) is -0.193. The fraction of sp³-hybridized carbons (Fsp3) is 0.333. The molecular weight excluding hydrogens is 422 g/mol. The molecule has 3 heterocycles. The maximum Gasteiger partial charge on any atom is 0.275 e. The van der Waals surface area contributed by atoms with Crippen LogP contribution >= 0.6 is 11.3 Å². The fourth-order valence-corrected chi connectivity index (χ4v) is 5.36. The first-order valence-electron chi connectivity index (χ1n) is 11.1. The van der Waals surface area contributed by atoms with Gasteiger partial charge in [0.15, 0.2) is 0 Å². The van der Waals surface area contributed by atoms with Crippen molar-refractivity contribution in [2.75, 3.05) is 18.4 Å². The summed E-state index contributed by atoms with van der Waals surface area (Å²) in [4.78, 5) is 20.0. The van der Waals surface area contributed by atoms with E-state index in [1.165, 1.54) is 41.7 Å². The first-order valence-corrected chi connectivity index (χ1v) is 12.0. The minimum absolute atomic E-state index is 0.193. The van der Waals surface area contributed by atoms with Crippen molar-refractivity contribution >= 4 is 34.0 Å². The highest BCUT2D eigenvalue weighted by atomic mass is 32.1. The molecule has 7 nitrogen and oxygen atoms in total. The van der Waals surface area contributed by atoms with E-state index in [1.54, 1.807) is 5.38 Å². The molecule has 1 N–H and O–H groups in total. The summed E-state index contributed by atoms with van der Waals surface area (Å²) in [5, 5.41) is 13.3. The van der Waals surface area contributed by atoms with Gasteiger partial charge in [0.25, 0.3) is 5.91 Å². The van der Waals surface area contributed by atoms with Gasteiger partial charge in [-0.25, -0.2) is 9.61 Å². The van der Waals surface area contributed by atoms with E-state index in [0.29, 0.717) is 16.7 Å². The summed E-state index contributed by atoms with van der Waals surface area (Å²) in [6.07, 6.45) is 6.18. The number of nitrogens with zero attached hydrogens (tertiary/aromatic N) is 4. The Morgan fingerprint density at radius 3 is 2.72 bits per heavy atom. The number of aromatic nitrogens is 3. The number of carbonyl (C=O) groups is 1. The molecule has 0 radical (unpaired) electrons. The van der Waals surface area contributed by atoms with Gasteiger partial charge in [-0.3, -0.25) is 9.69 Å². The smallest absolute Gasteiger partial charge is 0.275 e. The SMILES string of the molecule is O=C(Nc1ccc2c(c1)CCN(C1CCC1)CC2)c1csc(-c2ccc3nonc3c2)n1. The third-order valence-corrected chi connectivity index (χ3v) is 7.52. The number of anilines is 1. The summed E-state index contributed by atoms with van der Waals surface area (Å²) in [5.41, 5.74) is 6.24. The van der Waals surface area contributed by atoms with Crippen molar-refractivity contribution in [2.24, 2.45) is 0 Å². The van der Waals surface area contributed by atoms with Crippen LogP contribution in [-0.4, -0.2) is 45.2 Å². The summed E-state index contributed by atoms with van der Waals surface area (Å²) >= 11 is 1.43. The molecule has 1 saturated carbocycles. The molecule has 2 aromatic carbocycles. The number of thiazole rings is 1. The molecule has 2 aromatic heterocycles. The molecule has 0 saturated heterocycles. The predicted octanol–water partition coefficient (Wildman–Crippen LogP) is 4.55. The molecule has 0 unspecified atom stereocenters. The van der Waals surface area contributed by atoms with Crippen LogP contribution in [0.5, 0.6) is 0 Å². The molecule has 0 spiro atoms. The van der Waals surface area contributed by atoms with Gasteiger partial charge in [0.05, 0.1) is 0 Å². The van der Waals surface area contributed by atoms with Gasteiger partial charge in [-0.1, -0.05) is 12.5 Å². The van der Waals surface area contributed by atoms with Gasteiger partial charge >= 0.3 is 0 Å². The van der Waals surface area contributed by atoms with E-state index in [9.17, 15) is 4.79 Å². The van der Waals surface area contributed by atoms with Crippen LogP contribution in [0.15, 0.2) is 46.4 Å². The van der Waals surface area contributed by atoms with Gasteiger partial charge in [-0.05, 0) is 77.5 Å². The maximum absolute atomic E-state index is 12.8. The number of amides is 1.